The zero-order chi connectivity index (χ0) is 16.7. The van der Waals surface area contributed by atoms with E-state index in [1.165, 1.54) is 0 Å². The van der Waals surface area contributed by atoms with Crippen LogP contribution in [0.5, 0.6) is 0 Å². The SMILES string of the molecule is COCC(O)CN1CCC(NC(=O)Cc2ccccc2Cl)CC1. The highest BCUT2D eigenvalue weighted by Gasteiger charge is 2.22. The quantitative estimate of drug-likeness (QED) is 0.789. The molecule has 23 heavy (non-hydrogen) atoms. The Hall–Kier alpha value is -1.14. The van der Waals surface area contributed by atoms with E-state index in [2.05, 4.69) is 10.2 Å². The fourth-order valence-corrected chi connectivity index (χ4v) is 3.10. The summed E-state index contributed by atoms with van der Waals surface area (Å²) in [5.41, 5.74) is 0.854. The third kappa shape index (κ3) is 6.11. The molecule has 0 saturated carbocycles. The number of piperidine rings is 1. The van der Waals surface area contributed by atoms with Gasteiger partial charge in [0.25, 0.3) is 0 Å². The minimum absolute atomic E-state index is 0.0102. The summed E-state index contributed by atoms with van der Waals surface area (Å²) in [6.45, 7) is 2.72. The van der Waals surface area contributed by atoms with Gasteiger partial charge < -0.3 is 20.1 Å². The summed E-state index contributed by atoms with van der Waals surface area (Å²) in [6, 6.07) is 7.62. The zero-order valence-corrected chi connectivity index (χ0v) is 14.3. The van der Waals surface area contributed by atoms with Crippen molar-refractivity contribution in [2.24, 2.45) is 0 Å². The van der Waals surface area contributed by atoms with Gasteiger partial charge in [0, 0.05) is 37.8 Å². The molecular formula is C17H25ClN2O3. The normalized spacial score (nSPS) is 17.9. The number of carbonyl (C=O) groups excluding carboxylic acids is 1. The van der Waals surface area contributed by atoms with E-state index in [1.54, 1.807) is 13.2 Å². The first-order valence-corrected chi connectivity index (χ1v) is 8.38. The van der Waals surface area contributed by atoms with Gasteiger partial charge in [0.05, 0.1) is 19.1 Å². The van der Waals surface area contributed by atoms with Crippen molar-refractivity contribution < 1.29 is 14.6 Å². The minimum atomic E-state index is -0.452. The molecule has 6 heteroatoms. The summed E-state index contributed by atoms with van der Waals surface area (Å²) < 4.78 is 4.94. The fraction of sp³-hybridized carbons (Fsp3) is 0.588. The standard InChI is InChI=1S/C17H25ClN2O3/c1-23-12-15(21)11-20-8-6-14(7-9-20)19-17(22)10-13-4-2-3-5-16(13)18/h2-5,14-15,21H,6-12H2,1H3,(H,19,22). The van der Waals surface area contributed by atoms with E-state index in [1.807, 2.05) is 18.2 Å². The molecule has 1 heterocycles. The minimum Gasteiger partial charge on any atom is -0.389 e. The van der Waals surface area contributed by atoms with Crippen LogP contribution in [0.15, 0.2) is 24.3 Å². The van der Waals surface area contributed by atoms with Gasteiger partial charge >= 0.3 is 0 Å². The van der Waals surface area contributed by atoms with Crippen molar-refractivity contribution in [1.29, 1.82) is 0 Å². The molecule has 128 valence electrons. The number of hydrogen-bond acceptors (Lipinski definition) is 4. The smallest absolute Gasteiger partial charge is 0.224 e. The number of hydrogen-bond donors (Lipinski definition) is 2. The zero-order valence-electron chi connectivity index (χ0n) is 13.5. The average Bonchev–Trinajstić information content (AvgIpc) is 2.52. The number of nitrogens with zero attached hydrogens (tertiary/aromatic N) is 1. The molecule has 1 saturated heterocycles. The maximum atomic E-state index is 12.1. The highest BCUT2D eigenvalue weighted by Crippen LogP contribution is 2.16. The molecule has 0 aliphatic carbocycles. The van der Waals surface area contributed by atoms with Crippen molar-refractivity contribution in [3.05, 3.63) is 34.9 Å². The van der Waals surface area contributed by atoms with Gasteiger partial charge in [0.1, 0.15) is 0 Å². The number of β-amino-alcohol motifs (C(OH)–C–C–N with tert-alkyl or cyclic N) is 1. The first-order valence-electron chi connectivity index (χ1n) is 8.00. The van der Waals surface area contributed by atoms with Gasteiger partial charge in [-0.1, -0.05) is 29.8 Å². The van der Waals surface area contributed by atoms with Gasteiger partial charge in [-0.2, -0.15) is 0 Å². The molecule has 5 nitrogen and oxygen atoms in total. The van der Waals surface area contributed by atoms with Crippen LogP contribution in [0.2, 0.25) is 5.02 Å². The van der Waals surface area contributed by atoms with E-state index in [4.69, 9.17) is 16.3 Å². The Morgan fingerprint density at radius 1 is 1.43 bits per heavy atom. The van der Waals surface area contributed by atoms with Crippen LogP contribution in [0.1, 0.15) is 18.4 Å². The Morgan fingerprint density at radius 2 is 2.13 bits per heavy atom. The second-order valence-electron chi connectivity index (χ2n) is 6.02. The number of carbonyl (C=O) groups is 1. The molecule has 1 atom stereocenters. The number of rotatable bonds is 7. The first kappa shape index (κ1) is 18.2. The Morgan fingerprint density at radius 3 is 2.78 bits per heavy atom. The number of methoxy groups -OCH3 is 1. The van der Waals surface area contributed by atoms with Crippen LogP contribution in [0, 0.1) is 0 Å². The molecule has 0 radical (unpaired) electrons. The average molecular weight is 341 g/mol. The number of likely N-dealkylation sites (tertiary alicyclic amines) is 1. The Balaban J connectivity index is 1.71. The van der Waals surface area contributed by atoms with Crippen LogP contribution >= 0.6 is 11.6 Å². The molecule has 1 fully saturated rings. The second kappa shape index (κ2) is 9.23. The van der Waals surface area contributed by atoms with Crippen molar-refractivity contribution in [3.63, 3.8) is 0 Å². The molecule has 2 rings (SSSR count). The maximum absolute atomic E-state index is 12.1. The van der Waals surface area contributed by atoms with Crippen LogP contribution in [0.4, 0.5) is 0 Å². The van der Waals surface area contributed by atoms with E-state index in [9.17, 15) is 9.90 Å². The molecule has 1 aliphatic rings. The fourth-order valence-electron chi connectivity index (χ4n) is 2.90. The molecule has 1 amide bonds. The van der Waals surface area contributed by atoms with Gasteiger partial charge in [-0.25, -0.2) is 0 Å². The predicted octanol–water partition coefficient (Wildman–Crippen LogP) is 1.47. The van der Waals surface area contributed by atoms with E-state index in [-0.39, 0.29) is 11.9 Å². The monoisotopic (exact) mass is 340 g/mol. The Bertz CT molecular complexity index is 504. The van der Waals surface area contributed by atoms with Crippen molar-refractivity contribution in [1.82, 2.24) is 10.2 Å². The van der Waals surface area contributed by atoms with E-state index < -0.39 is 6.10 Å². The predicted molar refractivity (Wildman–Crippen MR) is 90.6 cm³/mol. The third-order valence-electron chi connectivity index (χ3n) is 4.09. The lowest BCUT2D eigenvalue weighted by atomic mass is 10.0. The summed E-state index contributed by atoms with van der Waals surface area (Å²) in [6.07, 6.45) is 1.65. The summed E-state index contributed by atoms with van der Waals surface area (Å²) in [5.74, 6) is 0.0102. The summed E-state index contributed by atoms with van der Waals surface area (Å²) in [4.78, 5) is 14.3. The molecule has 0 spiro atoms. The van der Waals surface area contributed by atoms with Crippen molar-refractivity contribution in [2.75, 3.05) is 33.4 Å². The lowest BCUT2D eigenvalue weighted by Crippen LogP contribution is -2.47. The van der Waals surface area contributed by atoms with E-state index in [0.717, 1.165) is 31.5 Å². The second-order valence-corrected chi connectivity index (χ2v) is 6.43. The highest BCUT2D eigenvalue weighted by molar-refractivity contribution is 6.31. The van der Waals surface area contributed by atoms with Gasteiger partial charge in [0.2, 0.25) is 5.91 Å². The van der Waals surface area contributed by atoms with E-state index in [0.29, 0.717) is 24.6 Å². The first-order chi connectivity index (χ1) is 11.1. The van der Waals surface area contributed by atoms with Crippen LogP contribution < -0.4 is 5.32 Å². The summed E-state index contributed by atoms with van der Waals surface area (Å²) in [5, 5.41) is 13.5. The third-order valence-corrected chi connectivity index (χ3v) is 4.46. The number of nitrogens with one attached hydrogen (secondary N) is 1. The largest absolute Gasteiger partial charge is 0.389 e. The molecule has 1 aromatic rings. The topological polar surface area (TPSA) is 61.8 Å². The number of aliphatic hydroxyl groups excluding tert-OH is 1. The van der Waals surface area contributed by atoms with Crippen LogP contribution in [-0.4, -0.2) is 61.4 Å². The molecule has 0 aromatic heterocycles. The number of halogens is 1. The molecule has 1 aliphatic heterocycles. The summed E-state index contributed by atoms with van der Waals surface area (Å²) in [7, 11) is 1.59. The maximum Gasteiger partial charge on any atom is 0.224 e. The van der Waals surface area contributed by atoms with Gasteiger partial charge in [-0.3, -0.25) is 4.79 Å². The number of aliphatic hydroxyl groups is 1. The van der Waals surface area contributed by atoms with Crippen LogP contribution in [0.3, 0.4) is 0 Å². The lowest BCUT2D eigenvalue weighted by molar-refractivity contribution is -0.121. The Labute approximate surface area is 142 Å². The lowest BCUT2D eigenvalue weighted by Gasteiger charge is -2.33. The molecule has 2 N–H and O–H groups in total. The number of amides is 1. The number of ether oxygens (including phenoxy) is 1. The van der Waals surface area contributed by atoms with E-state index >= 15 is 0 Å². The molecule has 1 aromatic carbocycles. The van der Waals surface area contributed by atoms with Gasteiger partial charge in [-0.15, -0.1) is 0 Å². The number of benzene rings is 1. The molecular weight excluding hydrogens is 316 g/mol. The Kier molecular flexibility index (Phi) is 7.30. The summed E-state index contributed by atoms with van der Waals surface area (Å²) >= 11 is 6.08. The highest BCUT2D eigenvalue weighted by atomic mass is 35.5. The van der Waals surface area contributed by atoms with Gasteiger partial charge in [-0.05, 0) is 24.5 Å². The van der Waals surface area contributed by atoms with Crippen molar-refractivity contribution in [3.8, 4) is 0 Å². The molecule has 0 bridgehead atoms. The van der Waals surface area contributed by atoms with Crippen LogP contribution in [0.25, 0.3) is 0 Å². The van der Waals surface area contributed by atoms with Crippen LogP contribution in [-0.2, 0) is 16.0 Å². The van der Waals surface area contributed by atoms with Crippen molar-refractivity contribution >= 4 is 17.5 Å². The van der Waals surface area contributed by atoms with Gasteiger partial charge in [0.15, 0.2) is 0 Å². The van der Waals surface area contributed by atoms with Crippen molar-refractivity contribution in [2.45, 2.75) is 31.4 Å². The molecule has 1 unspecified atom stereocenters.